The first-order valence-electron chi connectivity index (χ1n) is 15.2. The van der Waals surface area contributed by atoms with Gasteiger partial charge in [-0.3, -0.25) is 0 Å². The summed E-state index contributed by atoms with van der Waals surface area (Å²) in [6, 6.07) is 55.0. The lowest BCUT2D eigenvalue weighted by atomic mass is 9.84. The van der Waals surface area contributed by atoms with Gasteiger partial charge in [-0.05, 0) is 96.9 Å². The molecule has 0 bridgehead atoms. The van der Waals surface area contributed by atoms with Crippen molar-refractivity contribution in [2.24, 2.45) is 0 Å². The Morgan fingerprint density at radius 1 is 0.364 bits per heavy atom. The minimum Gasteiger partial charge on any atom is -0.456 e. The fraction of sp³-hybridized carbons (Fsp3) is 0.0233. The van der Waals surface area contributed by atoms with Crippen LogP contribution in [0, 0.1) is 6.92 Å². The Bertz CT molecular complexity index is 2490. The van der Waals surface area contributed by atoms with Gasteiger partial charge in [-0.1, -0.05) is 133 Å². The van der Waals surface area contributed by atoms with E-state index in [0.717, 1.165) is 33.1 Å². The first kappa shape index (κ1) is 24.9. The first-order valence-corrected chi connectivity index (χ1v) is 15.2. The molecule has 0 atom stereocenters. The first-order chi connectivity index (χ1) is 21.7. The number of hydrogen-bond acceptors (Lipinski definition) is 1. The van der Waals surface area contributed by atoms with Crippen molar-refractivity contribution in [1.29, 1.82) is 0 Å². The summed E-state index contributed by atoms with van der Waals surface area (Å²) in [5.41, 5.74) is 10.4. The van der Waals surface area contributed by atoms with Crippen LogP contribution in [-0.4, -0.2) is 0 Å². The summed E-state index contributed by atoms with van der Waals surface area (Å²) >= 11 is 0. The number of aryl methyl sites for hydroxylation is 1. The second kappa shape index (κ2) is 9.69. The van der Waals surface area contributed by atoms with E-state index in [0.29, 0.717) is 0 Å². The van der Waals surface area contributed by atoms with Crippen molar-refractivity contribution < 1.29 is 4.42 Å². The Morgan fingerprint density at radius 2 is 0.864 bits per heavy atom. The third kappa shape index (κ3) is 3.80. The van der Waals surface area contributed by atoms with E-state index in [1.165, 1.54) is 60.1 Å². The van der Waals surface area contributed by atoms with Crippen molar-refractivity contribution >= 4 is 54.3 Å². The maximum absolute atomic E-state index is 6.57. The van der Waals surface area contributed by atoms with Gasteiger partial charge >= 0.3 is 0 Å². The van der Waals surface area contributed by atoms with E-state index in [-0.39, 0.29) is 0 Å². The fourth-order valence-electron chi connectivity index (χ4n) is 7.03. The molecular weight excluding hydrogens is 532 g/mol. The number of rotatable bonds is 3. The molecule has 1 heterocycles. The van der Waals surface area contributed by atoms with E-state index in [1.807, 2.05) is 0 Å². The zero-order valence-electron chi connectivity index (χ0n) is 24.3. The summed E-state index contributed by atoms with van der Waals surface area (Å²) in [6.07, 6.45) is 0. The van der Waals surface area contributed by atoms with Crippen molar-refractivity contribution in [3.05, 3.63) is 157 Å². The average Bonchev–Trinajstić information content (AvgIpc) is 3.44. The van der Waals surface area contributed by atoms with Crippen LogP contribution in [0.5, 0.6) is 0 Å². The third-order valence-corrected chi connectivity index (χ3v) is 9.14. The summed E-state index contributed by atoms with van der Waals surface area (Å²) in [4.78, 5) is 0. The minimum atomic E-state index is 0.907. The predicted molar refractivity (Wildman–Crippen MR) is 187 cm³/mol. The number of furan rings is 1. The van der Waals surface area contributed by atoms with Gasteiger partial charge in [0.15, 0.2) is 0 Å². The second-order valence-corrected chi connectivity index (χ2v) is 11.8. The Labute approximate surface area is 255 Å². The summed E-state index contributed by atoms with van der Waals surface area (Å²) in [5, 5.41) is 9.80. The Hall–Kier alpha value is -5.66. The van der Waals surface area contributed by atoms with Gasteiger partial charge in [-0.15, -0.1) is 0 Å². The molecule has 0 aliphatic heterocycles. The normalized spacial score (nSPS) is 11.8. The van der Waals surface area contributed by atoms with E-state index >= 15 is 0 Å². The van der Waals surface area contributed by atoms with Crippen molar-refractivity contribution in [3.63, 3.8) is 0 Å². The van der Waals surface area contributed by atoms with E-state index < -0.39 is 0 Å². The Balaban J connectivity index is 1.29. The van der Waals surface area contributed by atoms with Gasteiger partial charge in [0.05, 0.1) is 0 Å². The molecule has 0 aliphatic rings. The highest BCUT2D eigenvalue weighted by Crippen LogP contribution is 2.46. The molecule has 44 heavy (non-hydrogen) atoms. The topological polar surface area (TPSA) is 13.1 Å². The van der Waals surface area contributed by atoms with Crippen LogP contribution in [0.4, 0.5) is 0 Å². The lowest BCUT2D eigenvalue weighted by Gasteiger charge is -2.18. The average molecular weight is 561 g/mol. The molecule has 0 aliphatic carbocycles. The van der Waals surface area contributed by atoms with Crippen molar-refractivity contribution in [2.75, 3.05) is 0 Å². The monoisotopic (exact) mass is 560 g/mol. The molecule has 1 aromatic heterocycles. The highest BCUT2D eigenvalue weighted by atomic mass is 16.3. The lowest BCUT2D eigenvalue weighted by Crippen LogP contribution is -1.91. The zero-order valence-corrected chi connectivity index (χ0v) is 24.3. The zero-order chi connectivity index (χ0) is 29.2. The molecule has 8 aromatic carbocycles. The van der Waals surface area contributed by atoms with Crippen LogP contribution < -0.4 is 0 Å². The van der Waals surface area contributed by atoms with Gasteiger partial charge < -0.3 is 4.42 Å². The van der Waals surface area contributed by atoms with Gasteiger partial charge in [-0.25, -0.2) is 0 Å². The lowest BCUT2D eigenvalue weighted by molar-refractivity contribution is 0.669. The number of fused-ring (bicyclic) bond motifs is 6. The van der Waals surface area contributed by atoms with E-state index in [4.69, 9.17) is 4.42 Å². The molecule has 0 fully saturated rings. The summed E-state index contributed by atoms with van der Waals surface area (Å²) in [5.74, 6) is 0. The van der Waals surface area contributed by atoms with Gasteiger partial charge in [0, 0.05) is 10.8 Å². The quantitative estimate of drug-likeness (QED) is 0.196. The van der Waals surface area contributed by atoms with Crippen molar-refractivity contribution in [2.45, 2.75) is 6.92 Å². The molecule has 206 valence electrons. The van der Waals surface area contributed by atoms with Crippen molar-refractivity contribution in [3.8, 4) is 33.4 Å². The third-order valence-electron chi connectivity index (χ3n) is 9.14. The van der Waals surface area contributed by atoms with Gasteiger partial charge in [0.1, 0.15) is 11.2 Å². The maximum Gasteiger partial charge on any atom is 0.136 e. The summed E-state index contributed by atoms with van der Waals surface area (Å²) < 4.78 is 6.57. The molecule has 9 rings (SSSR count). The molecule has 9 aromatic rings. The van der Waals surface area contributed by atoms with Crippen molar-refractivity contribution in [1.82, 2.24) is 0 Å². The van der Waals surface area contributed by atoms with Crippen LogP contribution in [0.1, 0.15) is 5.56 Å². The molecule has 1 heteroatoms. The minimum absolute atomic E-state index is 0.907. The SMILES string of the molecule is Cc1ccc(-c2ccc3c(c2)oc2cc(-c4c5ccccc5c(-c5cccc6ccccc56)c5ccccc45)ccc23)cc1. The molecular formula is C43H28O. The van der Waals surface area contributed by atoms with E-state index in [2.05, 4.69) is 159 Å². The summed E-state index contributed by atoms with van der Waals surface area (Å²) in [6.45, 7) is 2.12. The van der Waals surface area contributed by atoms with Crippen LogP contribution in [0.25, 0.3) is 87.6 Å². The number of hydrogen-bond donors (Lipinski definition) is 0. The fourth-order valence-corrected chi connectivity index (χ4v) is 7.03. The van der Waals surface area contributed by atoms with Crippen LogP contribution in [0.3, 0.4) is 0 Å². The standard InChI is InChI=1S/C43H28O/c1-27-17-19-28(20-18-27)30-21-23-33-34-24-22-31(26-41(34)44-40(33)25-30)42-36-12-4-6-14-38(36)43(39-15-7-5-13-37(39)42)35-16-8-10-29-9-2-3-11-32(29)35/h2-26H,1H3. The van der Waals surface area contributed by atoms with E-state index in [1.54, 1.807) is 0 Å². The molecule has 0 unspecified atom stereocenters. The highest BCUT2D eigenvalue weighted by molar-refractivity contribution is 6.24. The van der Waals surface area contributed by atoms with Crippen LogP contribution in [0.15, 0.2) is 156 Å². The van der Waals surface area contributed by atoms with Crippen LogP contribution in [-0.2, 0) is 0 Å². The Kier molecular flexibility index (Phi) is 5.48. The van der Waals surface area contributed by atoms with Gasteiger partial charge in [0.2, 0.25) is 0 Å². The van der Waals surface area contributed by atoms with Gasteiger partial charge in [0.25, 0.3) is 0 Å². The molecule has 0 saturated heterocycles. The largest absolute Gasteiger partial charge is 0.456 e. The second-order valence-electron chi connectivity index (χ2n) is 11.8. The Morgan fingerprint density at radius 3 is 1.52 bits per heavy atom. The number of benzene rings is 8. The molecule has 0 saturated carbocycles. The smallest absolute Gasteiger partial charge is 0.136 e. The molecule has 0 amide bonds. The van der Waals surface area contributed by atoms with Crippen LogP contribution in [0.2, 0.25) is 0 Å². The maximum atomic E-state index is 6.57. The summed E-state index contributed by atoms with van der Waals surface area (Å²) in [7, 11) is 0. The predicted octanol–water partition coefficient (Wildman–Crippen LogP) is 12.4. The molecule has 0 radical (unpaired) electrons. The molecule has 0 spiro atoms. The van der Waals surface area contributed by atoms with E-state index in [9.17, 15) is 0 Å². The van der Waals surface area contributed by atoms with Crippen LogP contribution >= 0.6 is 0 Å². The van der Waals surface area contributed by atoms with Gasteiger partial charge in [-0.2, -0.15) is 0 Å². The molecule has 1 nitrogen and oxygen atoms in total. The highest BCUT2D eigenvalue weighted by Gasteiger charge is 2.19. The molecule has 0 N–H and O–H groups in total.